The van der Waals surface area contributed by atoms with Gasteiger partial charge in [-0.1, -0.05) is 12.1 Å². The number of hydrogen-bond acceptors (Lipinski definition) is 4. The van der Waals surface area contributed by atoms with E-state index in [4.69, 9.17) is 5.11 Å². The molecule has 1 unspecified atom stereocenters. The SMILES string of the molecule is CC(CCCN1C(=O)c2ccccc2C1=O)NCCCO. The summed E-state index contributed by atoms with van der Waals surface area (Å²) >= 11 is 0. The number of hydrogen-bond donors (Lipinski definition) is 2. The van der Waals surface area contributed by atoms with Crippen LogP contribution in [0.15, 0.2) is 24.3 Å². The molecule has 2 N–H and O–H groups in total. The third kappa shape index (κ3) is 3.68. The summed E-state index contributed by atoms with van der Waals surface area (Å²) in [6.45, 7) is 3.50. The summed E-state index contributed by atoms with van der Waals surface area (Å²) in [6.07, 6.45) is 2.40. The Kier molecular flexibility index (Phi) is 5.47. The number of carbonyl (C=O) groups is 2. The fourth-order valence-electron chi connectivity index (χ4n) is 2.53. The molecule has 0 aliphatic carbocycles. The van der Waals surface area contributed by atoms with Gasteiger partial charge in [-0.15, -0.1) is 0 Å². The van der Waals surface area contributed by atoms with Crippen molar-refractivity contribution in [2.75, 3.05) is 19.7 Å². The number of carbonyl (C=O) groups excluding carboxylic acids is 2. The zero-order valence-electron chi connectivity index (χ0n) is 12.3. The van der Waals surface area contributed by atoms with Crippen molar-refractivity contribution in [1.29, 1.82) is 0 Å². The molecular weight excluding hydrogens is 268 g/mol. The summed E-state index contributed by atoms with van der Waals surface area (Å²) in [6, 6.07) is 7.27. The standard InChI is InChI=1S/C16H22N2O3/c1-12(17-9-5-11-19)6-4-10-18-15(20)13-7-2-3-8-14(13)16(18)21/h2-3,7-8,12,17,19H,4-6,9-11H2,1H3. The second-order valence-corrected chi connectivity index (χ2v) is 5.38. The molecule has 0 aromatic heterocycles. The molecule has 1 aliphatic heterocycles. The van der Waals surface area contributed by atoms with Gasteiger partial charge in [-0.05, 0) is 44.9 Å². The van der Waals surface area contributed by atoms with Gasteiger partial charge in [0.05, 0.1) is 11.1 Å². The normalized spacial score (nSPS) is 15.4. The lowest BCUT2D eigenvalue weighted by atomic mass is 10.1. The number of benzene rings is 1. The molecule has 0 spiro atoms. The van der Waals surface area contributed by atoms with E-state index in [1.165, 1.54) is 4.90 Å². The maximum atomic E-state index is 12.2. The highest BCUT2D eigenvalue weighted by Crippen LogP contribution is 2.22. The number of aliphatic hydroxyl groups excluding tert-OH is 1. The van der Waals surface area contributed by atoms with Crippen LogP contribution in [0.4, 0.5) is 0 Å². The number of fused-ring (bicyclic) bond motifs is 1. The maximum Gasteiger partial charge on any atom is 0.261 e. The van der Waals surface area contributed by atoms with Crippen molar-refractivity contribution in [2.24, 2.45) is 0 Å². The van der Waals surface area contributed by atoms with Crippen LogP contribution in [0.2, 0.25) is 0 Å². The smallest absolute Gasteiger partial charge is 0.261 e. The van der Waals surface area contributed by atoms with Gasteiger partial charge in [0.25, 0.3) is 11.8 Å². The van der Waals surface area contributed by atoms with E-state index < -0.39 is 0 Å². The molecule has 1 aliphatic rings. The first-order chi connectivity index (χ1) is 10.1. The van der Waals surface area contributed by atoms with E-state index in [0.717, 1.165) is 25.8 Å². The molecule has 0 radical (unpaired) electrons. The van der Waals surface area contributed by atoms with E-state index in [2.05, 4.69) is 12.2 Å². The molecule has 1 aromatic rings. The van der Waals surface area contributed by atoms with Crippen LogP contribution in [-0.2, 0) is 0 Å². The fraction of sp³-hybridized carbons (Fsp3) is 0.500. The third-order valence-corrected chi connectivity index (χ3v) is 3.72. The van der Waals surface area contributed by atoms with Gasteiger partial charge >= 0.3 is 0 Å². The van der Waals surface area contributed by atoms with Gasteiger partial charge < -0.3 is 10.4 Å². The average molecular weight is 290 g/mol. The molecule has 0 saturated heterocycles. The fourth-order valence-corrected chi connectivity index (χ4v) is 2.53. The summed E-state index contributed by atoms with van der Waals surface area (Å²) in [5.74, 6) is -0.368. The zero-order chi connectivity index (χ0) is 15.2. The lowest BCUT2D eigenvalue weighted by Crippen LogP contribution is -2.33. The monoisotopic (exact) mass is 290 g/mol. The van der Waals surface area contributed by atoms with Crippen LogP contribution >= 0.6 is 0 Å². The molecule has 0 saturated carbocycles. The van der Waals surface area contributed by atoms with Gasteiger partial charge in [-0.3, -0.25) is 14.5 Å². The Morgan fingerprint density at radius 1 is 1.14 bits per heavy atom. The predicted octanol–water partition coefficient (Wildman–Crippen LogP) is 1.42. The van der Waals surface area contributed by atoms with E-state index in [1.807, 2.05) is 0 Å². The van der Waals surface area contributed by atoms with Gasteiger partial charge in [0.2, 0.25) is 0 Å². The molecule has 114 valence electrons. The molecule has 0 bridgehead atoms. The van der Waals surface area contributed by atoms with Crippen molar-refractivity contribution in [2.45, 2.75) is 32.2 Å². The van der Waals surface area contributed by atoms with E-state index >= 15 is 0 Å². The Balaban J connectivity index is 1.80. The largest absolute Gasteiger partial charge is 0.396 e. The van der Waals surface area contributed by atoms with Crippen LogP contribution < -0.4 is 5.32 Å². The van der Waals surface area contributed by atoms with Gasteiger partial charge in [-0.25, -0.2) is 0 Å². The van der Waals surface area contributed by atoms with Crippen molar-refractivity contribution in [3.63, 3.8) is 0 Å². The Morgan fingerprint density at radius 3 is 2.33 bits per heavy atom. The predicted molar refractivity (Wildman–Crippen MR) is 80.2 cm³/mol. The molecule has 2 rings (SSSR count). The number of nitrogens with zero attached hydrogens (tertiary/aromatic N) is 1. The Hall–Kier alpha value is -1.72. The second-order valence-electron chi connectivity index (χ2n) is 5.38. The topological polar surface area (TPSA) is 69.6 Å². The van der Waals surface area contributed by atoms with E-state index in [9.17, 15) is 9.59 Å². The Bertz CT molecular complexity index is 481. The minimum Gasteiger partial charge on any atom is -0.396 e. The first-order valence-electron chi connectivity index (χ1n) is 7.44. The van der Waals surface area contributed by atoms with Crippen molar-refractivity contribution < 1.29 is 14.7 Å². The van der Waals surface area contributed by atoms with Crippen LogP contribution in [0.3, 0.4) is 0 Å². The molecule has 0 fully saturated rings. The quantitative estimate of drug-likeness (QED) is 0.561. The van der Waals surface area contributed by atoms with Gasteiger partial charge in [0.1, 0.15) is 0 Å². The first kappa shape index (κ1) is 15.7. The molecule has 5 heteroatoms. The summed E-state index contributed by atoms with van der Waals surface area (Å²) in [4.78, 5) is 25.6. The van der Waals surface area contributed by atoms with Crippen LogP contribution in [0.5, 0.6) is 0 Å². The van der Waals surface area contributed by atoms with Crippen molar-refractivity contribution >= 4 is 11.8 Å². The lowest BCUT2D eigenvalue weighted by molar-refractivity contribution is 0.0650. The highest BCUT2D eigenvalue weighted by molar-refractivity contribution is 6.21. The Morgan fingerprint density at radius 2 is 1.76 bits per heavy atom. The number of amides is 2. The summed E-state index contributed by atoms with van der Waals surface area (Å²) < 4.78 is 0. The van der Waals surface area contributed by atoms with E-state index in [1.54, 1.807) is 24.3 Å². The number of aliphatic hydroxyl groups is 1. The minimum atomic E-state index is -0.184. The zero-order valence-corrected chi connectivity index (χ0v) is 12.3. The molecule has 1 aromatic carbocycles. The molecule has 21 heavy (non-hydrogen) atoms. The number of imide groups is 1. The van der Waals surface area contributed by atoms with Crippen LogP contribution in [0.1, 0.15) is 46.9 Å². The second kappa shape index (κ2) is 7.33. The van der Waals surface area contributed by atoms with E-state index in [0.29, 0.717) is 23.7 Å². The molecule has 5 nitrogen and oxygen atoms in total. The highest BCUT2D eigenvalue weighted by Gasteiger charge is 2.34. The van der Waals surface area contributed by atoms with Crippen LogP contribution in [-0.4, -0.2) is 47.6 Å². The third-order valence-electron chi connectivity index (χ3n) is 3.72. The minimum absolute atomic E-state index is 0.184. The van der Waals surface area contributed by atoms with Crippen molar-refractivity contribution in [1.82, 2.24) is 10.2 Å². The van der Waals surface area contributed by atoms with Gasteiger partial charge in [-0.2, -0.15) is 0 Å². The van der Waals surface area contributed by atoms with Crippen molar-refractivity contribution in [3.05, 3.63) is 35.4 Å². The van der Waals surface area contributed by atoms with Crippen molar-refractivity contribution in [3.8, 4) is 0 Å². The molecule has 1 heterocycles. The maximum absolute atomic E-state index is 12.2. The van der Waals surface area contributed by atoms with Gasteiger partial charge in [0.15, 0.2) is 0 Å². The van der Waals surface area contributed by atoms with Gasteiger partial charge in [0, 0.05) is 19.2 Å². The number of nitrogens with one attached hydrogen (secondary N) is 1. The van der Waals surface area contributed by atoms with Crippen LogP contribution in [0.25, 0.3) is 0 Å². The summed E-state index contributed by atoms with van der Waals surface area (Å²) in [5.41, 5.74) is 1.02. The Labute approximate surface area is 125 Å². The van der Waals surface area contributed by atoms with Crippen LogP contribution in [0, 0.1) is 0 Å². The molecule has 1 atom stereocenters. The van der Waals surface area contributed by atoms with E-state index in [-0.39, 0.29) is 18.4 Å². The average Bonchev–Trinajstić information content (AvgIpc) is 2.73. The lowest BCUT2D eigenvalue weighted by Gasteiger charge is -2.17. The summed E-state index contributed by atoms with van der Waals surface area (Å²) in [5, 5.41) is 12.0. The number of rotatable bonds is 8. The molecule has 2 amide bonds. The summed E-state index contributed by atoms with van der Waals surface area (Å²) in [7, 11) is 0. The highest BCUT2D eigenvalue weighted by atomic mass is 16.3. The first-order valence-corrected chi connectivity index (χ1v) is 7.44. The molecular formula is C16H22N2O3.